The van der Waals surface area contributed by atoms with Gasteiger partial charge in [0, 0.05) is 66.7 Å². The largest absolute Gasteiger partial charge is 0.309 e. The highest BCUT2D eigenvalue weighted by atomic mass is 15.1. The Balaban J connectivity index is 1.08. The van der Waals surface area contributed by atoms with Crippen molar-refractivity contribution in [2.24, 2.45) is 0 Å². The van der Waals surface area contributed by atoms with Gasteiger partial charge < -0.3 is 9.13 Å². The second-order valence-corrected chi connectivity index (χ2v) is 17.8. The molecule has 12 heteroatoms. The van der Waals surface area contributed by atoms with E-state index < -0.39 is 0 Å². The van der Waals surface area contributed by atoms with Crippen LogP contribution < -0.4 is 0 Å². The van der Waals surface area contributed by atoms with Gasteiger partial charge in [-0.25, -0.2) is 44.9 Å². The van der Waals surface area contributed by atoms with Crippen LogP contribution in [0.15, 0.2) is 182 Å². The normalized spacial score (nSPS) is 11.6. The van der Waals surface area contributed by atoms with Gasteiger partial charge in [-0.15, -0.1) is 0 Å². The van der Waals surface area contributed by atoms with Crippen LogP contribution in [0.25, 0.3) is 123 Å². The van der Waals surface area contributed by atoms with Crippen LogP contribution in [-0.4, -0.2) is 59.0 Å². The molecule has 7 aromatic carbocycles. The molecule has 12 nitrogen and oxygen atoms in total. The van der Waals surface area contributed by atoms with Crippen LogP contribution in [0.5, 0.6) is 0 Å². The second-order valence-electron chi connectivity index (χ2n) is 17.8. The Morgan fingerprint density at radius 3 is 1.19 bits per heavy atom. The topological polar surface area (TPSA) is 139 Å². The molecule has 13 aromatic rings. The van der Waals surface area contributed by atoms with Crippen molar-refractivity contribution in [3.63, 3.8) is 0 Å². The van der Waals surface area contributed by atoms with Crippen LogP contribution in [0.2, 0.25) is 0 Å². The van der Waals surface area contributed by atoms with E-state index in [4.69, 9.17) is 39.9 Å². The zero-order valence-electron chi connectivity index (χ0n) is 39.7. The third-order valence-electron chi connectivity index (χ3n) is 13.1. The summed E-state index contributed by atoms with van der Waals surface area (Å²) in [7, 11) is 0. The SMILES string of the molecule is Cc1nc(C)nc(-c2ccc3c(c2)c2ccccc2n3-c2cnccc2-c2ccc(-c3nc(-c4ccccc4)nc(-c4ccccc4)n3)cc2-n2c3ccccc3c3cc(-c4nc(C)nc(C)n4)ccc32)n1. The quantitative estimate of drug-likeness (QED) is 0.145. The molecule has 0 saturated carbocycles. The van der Waals surface area contributed by atoms with Gasteiger partial charge in [0.25, 0.3) is 0 Å². The highest BCUT2D eigenvalue weighted by molar-refractivity contribution is 6.12. The standard InChI is InChI=1S/C60H42N12/c1-35-62-36(2)65-58(64-35)41-24-27-52-48(31-41)44-19-11-13-21-50(44)71(52)54-33-43(60-69-56(39-15-7-5-8-16-39)68-57(70-60)40-17-9-6-10-18-40)23-26-46(54)47-29-30-61-34-55(47)72-51-22-14-12-20-45(51)49-32-42(25-28-53(49)72)59-66-37(3)63-38(4)67-59/h5-34H,1-4H3. The van der Waals surface area contributed by atoms with E-state index in [0.29, 0.717) is 52.4 Å². The lowest BCUT2D eigenvalue weighted by Crippen LogP contribution is -2.04. The van der Waals surface area contributed by atoms with Crippen LogP contribution in [-0.2, 0) is 0 Å². The van der Waals surface area contributed by atoms with Crippen LogP contribution in [0.1, 0.15) is 23.3 Å². The van der Waals surface area contributed by atoms with Crippen LogP contribution in [0.4, 0.5) is 0 Å². The molecular weight excluding hydrogens is 889 g/mol. The summed E-state index contributed by atoms with van der Waals surface area (Å²) < 4.78 is 4.68. The van der Waals surface area contributed by atoms with Gasteiger partial charge >= 0.3 is 0 Å². The van der Waals surface area contributed by atoms with E-state index in [9.17, 15) is 0 Å². The summed E-state index contributed by atoms with van der Waals surface area (Å²) in [5.74, 6) is 5.73. The first-order chi connectivity index (χ1) is 35.3. The second kappa shape index (κ2) is 17.1. The predicted molar refractivity (Wildman–Crippen MR) is 285 cm³/mol. The summed E-state index contributed by atoms with van der Waals surface area (Å²) in [6.45, 7) is 7.60. The molecule has 342 valence electrons. The number of benzene rings is 7. The average molecular weight is 931 g/mol. The predicted octanol–water partition coefficient (Wildman–Crippen LogP) is 13.1. The first-order valence-electron chi connectivity index (χ1n) is 23.7. The number of aryl methyl sites for hydroxylation is 4. The van der Waals surface area contributed by atoms with Gasteiger partial charge in [0.05, 0.1) is 39.6 Å². The lowest BCUT2D eigenvalue weighted by Gasteiger charge is -2.19. The molecule has 0 saturated heterocycles. The van der Waals surface area contributed by atoms with Crippen LogP contribution in [0, 0.1) is 27.7 Å². The molecule has 6 aromatic heterocycles. The Labute approximate surface area is 413 Å². The van der Waals surface area contributed by atoms with E-state index in [2.05, 4.69) is 128 Å². The molecule has 0 amide bonds. The molecule has 6 heterocycles. The fraction of sp³-hybridized carbons (Fsp3) is 0.0667. The molecule has 0 N–H and O–H groups in total. The number of rotatable bonds is 8. The molecule has 0 spiro atoms. The van der Waals surface area contributed by atoms with E-state index in [0.717, 1.165) is 93.9 Å². The van der Waals surface area contributed by atoms with E-state index in [1.807, 2.05) is 101 Å². The van der Waals surface area contributed by atoms with Gasteiger partial charge in [0.1, 0.15) is 23.3 Å². The molecule has 0 aliphatic rings. The number of aromatic nitrogens is 12. The fourth-order valence-corrected chi connectivity index (χ4v) is 10.0. The molecule has 0 aliphatic heterocycles. The number of para-hydroxylation sites is 2. The minimum atomic E-state index is 0.552. The molecular formula is C60H42N12. The van der Waals surface area contributed by atoms with Crippen molar-refractivity contribution < 1.29 is 0 Å². The first-order valence-corrected chi connectivity index (χ1v) is 23.7. The minimum Gasteiger partial charge on any atom is -0.309 e. The van der Waals surface area contributed by atoms with Crippen molar-refractivity contribution in [3.05, 3.63) is 206 Å². The van der Waals surface area contributed by atoms with Gasteiger partial charge in [-0.05, 0) is 88.4 Å². The lowest BCUT2D eigenvalue weighted by molar-refractivity contribution is 0.928. The Morgan fingerprint density at radius 1 is 0.292 bits per heavy atom. The van der Waals surface area contributed by atoms with Gasteiger partial charge in [0.2, 0.25) is 0 Å². The van der Waals surface area contributed by atoms with E-state index >= 15 is 0 Å². The van der Waals surface area contributed by atoms with Gasteiger partial charge in [-0.3, -0.25) is 4.98 Å². The van der Waals surface area contributed by atoms with Gasteiger partial charge in [-0.2, -0.15) is 0 Å². The Hall–Kier alpha value is -9.68. The van der Waals surface area contributed by atoms with Crippen molar-refractivity contribution >= 4 is 43.6 Å². The summed E-state index contributed by atoms with van der Waals surface area (Å²) in [4.78, 5) is 48.1. The van der Waals surface area contributed by atoms with Gasteiger partial charge in [-0.1, -0.05) is 109 Å². The van der Waals surface area contributed by atoms with Crippen LogP contribution in [0.3, 0.4) is 0 Å². The summed E-state index contributed by atoms with van der Waals surface area (Å²) >= 11 is 0. The maximum Gasteiger partial charge on any atom is 0.164 e. The van der Waals surface area contributed by atoms with Crippen molar-refractivity contribution in [1.29, 1.82) is 0 Å². The summed E-state index contributed by atoms with van der Waals surface area (Å²) in [6, 6.07) is 58.7. The summed E-state index contributed by atoms with van der Waals surface area (Å²) in [6.07, 6.45) is 3.83. The Kier molecular flexibility index (Phi) is 10.1. The Morgan fingerprint density at radius 2 is 0.681 bits per heavy atom. The van der Waals surface area contributed by atoms with Crippen LogP contribution >= 0.6 is 0 Å². The molecule has 13 rings (SSSR count). The average Bonchev–Trinajstić information content (AvgIpc) is 3.92. The Bertz CT molecular complexity index is 4180. The third kappa shape index (κ3) is 7.32. The summed E-state index contributed by atoms with van der Waals surface area (Å²) in [5.41, 5.74) is 12.4. The van der Waals surface area contributed by atoms with Crippen molar-refractivity contribution in [2.45, 2.75) is 27.7 Å². The van der Waals surface area contributed by atoms with E-state index in [1.165, 1.54) is 0 Å². The number of fused-ring (bicyclic) bond motifs is 6. The first kappa shape index (κ1) is 42.4. The summed E-state index contributed by atoms with van der Waals surface area (Å²) in [5, 5.41) is 4.32. The molecule has 0 aliphatic carbocycles. The molecule has 0 bridgehead atoms. The number of hydrogen-bond donors (Lipinski definition) is 0. The molecule has 0 atom stereocenters. The monoisotopic (exact) mass is 930 g/mol. The smallest absolute Gasteiger partial charge is 0.164 e. The van der Waals surface area contributed by atoms with E-state index in [1.54, 1.807) is 0 Å². The molecule has 0 fully saturated rings. The highest BCUT2D eigenvalue weighted by Gasteiger charge is 2.23. The third-order valence-corrected chi connectivity index (χ3v) is 13.1. The van der Waals surface area contributed by atoms with E-state index in [-0.39, 0.29) is 0 Å². The number of nitrogens with zero attached hydrogens (tertiary/aromatic N) is 12. The zero-order chi connectivity index (χ0) is 48.5. The lowest BCUT2D eigenvalue weighted by atomic mass is 9.99. The number of hydrogen-bond acceptors (Lipinski definition) is 10. The van der Waals surface area contributed by atoms with Crippen molar-refractivity contribution in [1.82, 2.24) is 59.0 Å². The van der Waals surface area contributed by atoms with Gasteiger partial charge in [0.15, 0.2) is 29.1 Å². The van der Waals surface area contributed by atoms with Crippen molar-refractivity contribution in [2.75, 3.05) is 0 Å². The zero-order valence-corrected chi connectivity index (χ0v) is 39.7. The molecule has 72 heavy (non-hydrogen) atoms. The molecule has 0 unspecified atom stereocenters. The molecule has 0 radical (unpaired) electrons. The van der Waals surface area contributed by atoms with Crippen molar-refractivity contribution in [3.8, 4) is 79.4 Å². The minimum absolute atomic E-state index is 0.552. The highest BCUT2D eigenvalue weighted by Crippen LogP contribution is 2.43. The number of pyridine rings is 1. The maximum absolute atomic E-state index is 5.20. The maximum atomic E-state index is 5.20. The fourth-order valence-electron chi connectivity index (χ4n) is 10.0.